The van der Waals surface area contributed by atoms with Gasteiger partial charge in [0.1, 0.15) is 11.3 Å². The third kappa shape index (κ3) is 2.13. The molecule has 1 aromatic carbocycles. The highest BCUT2D eigenvalue weighted by Crippen LogP contribution is 2.38. The maximum atomic E-state index is 5.96. The summed E-state index contributed by atoms with van der Waals surface area (Å²) in [6, 6.07) is 5.85. The summed E-state index contributed by atoms with van der Waals surface area (Å²) in [7, 11) is 0. The average Bonchev–Trinajstić information content (AvgIpc) is 2.81. The minimum atomic E-state index is 0.660. The monoisotopic (exact) mass is 449 g/mol. The van der Waals surface area contributed by atoms with Crippen LogP contribution in [0.1, 0.15) is 0 Å². The van der Waals surface area contributed by atoms with Crippen LogP contribution in [-0.2, 0) is 0 Å². The highest BCUT2D eigenvalue weighted by atomic mass is 79.9. The smallest absolute Gasteiger partial charge is 0.140 e. The van der Waals surface area contributed by atoms with Crippen LogP contribution in [0.5, 0.6) is 0 Å². The third-order valence-electron chi connectivity index (χ3n) is 2.49. The molecule has 0 amide bonds. The predicted molar refractivity (Wildman–Crippen MR) is 86.9 cm³/mol. The zero-order chi connectivity index (χ0) is 12.9. The fourth-order valence-electron chi connectivity index (χ4n) is 1.74. The molecule has 0 spiro atoms. The number of nitrogen functional groups attached to an aromatic ring is 1. The molecule has 2 aromatic heterocycles. The van der Waals surface area contributed by atoms with E-state index in [0.717, 1.165) is 34.5 Å². The number of nitrogens with one attached hydrogen (secondary N) is 1. The van der Waals surface area contributed by atoms with Gasteiger partial charge in [0.15, 0.2) is 0 Å². The van der Waals surface area contributed by atoms with E-state index < -0.39 is 0 Å². The van der Waals surface area contributed by atoms with E-state index >= 15 is 0 Å². The number of aromatic nitrogens is 2. The molecule has 0 saturated heterocycles. The topological polar surface area (TPSA) is 54.7 Å². The number of hydrogen-bond acceptors (Lipinski definition) is 3. The van der Waals surface area contributed by atoms with E-state index in [1.54, 1.807) is 11.3 Å². The molecule has 0 aliphatic heterocycles. The zero-order valence-electron chi connectivity index (χ0n) is 8.80. The van der Waals surface area contributed by atoms with E-state index in [1.807, 2.05) is 18.2 Å². The number of imidazole rings is 1. The number of hydrogen-bond donors (Lipinski definition) is 2. The summed E-state index contributed by atoms with van der Waals surface area (Å²) in [6.07, 6.45) is 0. The third-order valence-corrected chi connectivity index (χ3v) is 5.29. The minimum Gasteiger partial charge on any atom is -0.397 e. The lowest BCUT2D eigenvalue weighted by Gasteiger charge is -1.94. The second kappa shape index (κ2) is 4.63. The first-order valence-electron chi connectivity index (χ1n) is 4.94. The molecule has 0 aliphatic rings. The lowest BCUT2D eigenvalue weighted by atomic mass is 10.3. The Bertz CT molecular complexity index is 747. The average molecular weight is 452 g/mol. The van der Waals surface area contributed by atoms with Gasteiger partial charge in [-0.3, -0.25) is 0 Å². The van der Waals surface area contributed by atoms with Crippen LogP contribution in [0.2, 0.25) is 0 Å². The molecule has 3 rings (SSSR count). The van der Waals surface area contributed by atoms with E-state index in [-0.39, 0.29) is 0 Å². The van der Waals surface area contributed by atoms with Crippen LogP contribution in [0.4, 0.5) is 5.69 Å². The van der Waals surface area contributed by atoms with Gasteiger partial charge in [-0.25, -0.2) is 4.98 Å². The molecular formula is C11H6Br3N3S. The lowest BCUT2D eigenvalue weighted by molar-refractivity contribution is 1.34. The fraction of sp³-hybridized carbons (Fsp3) is 0. The van der Waals surface area contributed by atoms with Gasteiger partial charge in [0, 0.05) is 10.0 Å². The second-order valence-corrected chi connectivity index (χ2v) is 8.38. The predicted octanol–water partition coefficient (Wildman–Crippen LogP) is 5.16. The van der Waals surface area contributed by atoms with Crippen molar-refractivity contribution in [1.29, 1.82) is 0 Å². The molecule has 0 saturated carbocycles. The minimum absolute atomic E-state index is 0.660. The largest absolute Gasteiger partial charge is 0.397 e. The van der Waals surface area contributed by atoms with Crippen molar-refractivity contribution >= 4 is 75.8 Å². The first kappa shape index (κ1) is 12.7. The van der Waals surface area contributed by atoms with Crippen molar-refractivity contribution in [2.45, 2.75) is 0 Å². The second-order valence-electron chi connectivity index (χ2n) is 3.71. The molecule has 3 N–H and O–H groups in total. The van der Waals surface area contributed by atoms with E-state index in [9.17, 15) is 0 Å². The molecule has 0 fully saturated rings. The Labute approximate surface area is 132 Å². The summed E-state index contributed by atoms with van der Waals surface area (Å²) >= 11 is 12.0. The van der Waals surface area contributed by atoms with Gasteiger partial charge in [0.25, 0.3) is 0 Å². The quantitative estimate of drug-likeness (QED) is 0.502. The molecule has 0 radical (unpaired) electrons. The van der Waals surface area contributed by atoms with Gasteiger partial charge in [0.2, 0.25) is 0 Å². The number of nitrogens with two attached hydrogens (primary N) is 1. The van der Waals surface area contributed by atoms with Crippen LogP contribution in [-0.4, -0.2) is 9.97 Å². The highest BCUT2D eigenvalue weighted by molar-refractivity contribution is 9.12. The van der Waals surface area contributed by atoms with Crippen molar-refractivity contribution in [3.05, 3.63) is 30.2 Å². The Kier molecular flexibility index (Phi) is 3.25. The van der Waals surface area contributed by atoms with Crippen LogP contribution in [0.3, 0.4) is 0 Å². The van der Waals surface area contributed by atoms with Crippen LogP contribution in [0, 0.1) is 0 Å². The van der Waals surface area contributed by atoms with Crippen molar-refractivity contribution in [2.75, 3.05) is 5.73 Å². The summed E-state index contributed by atoms with van der Waals surface area (Å²) in [5.41, 5.74) is 9.36. The Morgan fingerprint density at radius 2 is 1.94 bits per heavy atom. The van der Waals surface area contributed by atoms with Crippen LogP contribution >= 0.6 is 59.1 Å². The molecule has 7 heteroatoms. The molecule has 92 valence electrons. The molecule has 0 bridgehead atoms. The number of benzene rings is 1. The first-order valence-corrected chi connectivity index (χ1v) is 8.14. The fourth-order valence-corrected chi connectivity index (χ4v) is 5.02. The Hall–Kier alpha value is -0.370. The molecular weight excluding hydrogens is 446 g/mol. The van der Waals surface area contributed by atoms with Gasteiger partial charge < -0.3 is 10.7 Å². The summed E-state index contributed by atoms with van der Waals surface area (Å²) in [5, 5.41) is 0. The SMILES string of the molecule is Nc1cc(Br)cc2[nH]c(-c3cc(Br)sc3Br)nc12. The van der Waals surface area contributed by atoms with Gasteiger partial charge in [0.05, 0.1) is 18.8 Å². The number of H-pyrrole nitrogens is 1. The molecule has 0 aliphatic carbocycles. The maximum Gasteiger partial charge on any atom is 0.140 e. The van der Waals surface area contributed by atoms with Gasteiger partial charge >= 0.3 is 0 Å². The number of rotatable bonds is 1. The molecule has 0 atom stereocenters. The van der Waals surface area contributed by atoms with Crippen molar-refractivity contribution in [3.8, 4) is 11.4 Å². The molecule has 2 heterocycles. The Morgan fingerprint density at radius 3 is 2.61 bits per heavy atom. The molecule has 18 heavy (non-hydrogen) atoms. The summed E-state index contributed by atoms with van der Waals surface area (Å²) in [5.74, 6) is 0.809. The van der Waals surface area contributed by atoms with Crippen molar-refractivity contribution in [1.82, 2.24) is 9.97 Å². The zero-order valence-corrected chi connectivity index (χ0v) is 14.4. The van der Waals surface area contributed by atoms with Gasteiger partial charge in [-0.15, -0.1) is 11.3 Å². The van der Waals surface area contributed by atoms with Crippen LogP contribution < -0.4 is 5.73 Å². The van der Waals surface area contributed by atoms with E-state index in [0.29, 0.717) is 5.69 Å². The van der Waals surface area contributed by atoms with Crippen molar-refractivity contribution < 1.29 is 0 Å². The van der Waals surface area contributed by atoms with Crippen LogP contribution in [0.25, 0.3) is 22.4 Å². The van der Waals surface area contributed by atoms with E-state index in [4.69, 9.17) is 5.73 Å². The number of anilines is 1. The van der Waals surface area contributed by atoms with Gasteiger partial charge in [-0.1, -0.05) is 15.9 Å². The standard InChI is InChI=1S/C11H6Br3N3S/c12-4-1-6(15)9-7(2-4)16-11(17-9)5-3-8(13)18-10(5)14/h1-3H,15H2,(H,16,17). The summed E-state index contributed by atoms with van der Waals surface area (Å²) < 4.78 is 3.03. The lowest BCUT2D eigenvalue weighted by Crippen LogP contribution is -1.86. The van der Waals surface area contributed by atoms with Crippen molar-refractivity contribution in [3.63, 3.8) is 0 Å². The Balaban J connectivity index is 2.25. The summed E-state index contributed by atoms with van der Waals surface area (Å²) in [4.78, 5) is 7.83. The van der Waals surface area contributed by atoms with Crippen LogP contribution in [0.15, 0.2) is 30.2 Å². The number of fused-ring (bicyclic) bond motifs is 1. The maximum absolute atomic E-state index is 5.96. The number of thiophene rings is 1. The Morgan fingerprint density at radius 1 is 1.17 bits per heavy atom. The number of nitrogens with zero attached hydrogens (tertiary/aromatic N) is 1. The van der Waals surface area contributed by atoms with Crippen molar-refractivity contribution in [2.24, 2.45) is 0 Å². The summed E-state index contributed by atoms with van der Waals surface area (Å²) in [6.45, 7) is 0. The normalized spacial score (nSPS) is 11.3. The van der Waals surface area contributed by atoms with Gasteiger partial charge in [-0.05, 0) is 50.1 Å². The van der Waals surface area contributed by atoms with E-state index in [2.05, 4.69) is 57.8 Å². The number of aromatic amines is 1. The van der Waals surface area contributed by atoms with Gasteiger partial charge in [-0.2, -0.15) is 0 Å². The number of halogens is 3. The first-order chi connectivity index (χ1) is 8.54. The molecule has 0 unspecified atom stereocenters. The molecule has 3 nitrogen and oxygen atoms in total. The molecule has 3 aromatic rings. The van der Waals surface area contributed by atoms with E-state index in [1.165, 1.54) is 0 Å². The highest BCUT2D eigenvalue weighted by Gasteiger charge is 2.13.